The van der Waals surface area contributed by atoms with Crippen molar-refractivity contribution in [2.45, 2.75) is 158 Å². The molecule has 6 atom stereocenters. The molecule has 0 radical (unpaired) electrons. The van der Waals surface area contributed by atoms with Crippen molar-refractivity contribution >= 4 is 6.47 Å². The standard InChI is InChI=1S/C20H44N2O6.C13H10.C6H12O.C3H8.C2H6.CH2O2.CH4/c1-4-16(24)15(3)18(26)13-22(11-8-6-7-10-21-5-2)14-19(27)20(28)17(25)9-12-23;1-3-7-12-10(5-1)9-11-6-2-4-8-13(11)12;1-5-7-6(2,3)4;1-3-2;1-2;2-1-3;/h15-21,23-28H,4-14H2,1-3H3;1-8H,9H2;5H,1H2,2-4H3;3H2,1-2H3;1-2H3;1H,(H,2,3);1H4. The molecule has 11 heteroatoms. The van der Waals surface area contributed by atoms with Crippen LogP contribution in [0.2, 0.25) is 0 Å². The van der Waals surface area contributed by atoms with Crippen LogP contribution in [0.1, 0.15) is 126 Å². The minimum absolute atomic E-state index is 0. The molecule has 0 aromatic heterocycles. The molecule has 1 aliphatic carbocycles. The van der Waals surface area contributed by atoms with Gasteiger partial charge < -0.3 is 45.8 Å². The van der Waals surface area contributed by atoms with Crippen LogP contribution < -0.4 is 5.32 Å². The molecule has 0 fully saturated rings. The van der Waals surface area contributed by atoms with E-state index in [1.165, 1.54) is 34.9 Å². The quantitative estimate of drug-likeness (QED) is 0.0346. The van der Waals surface area contributed by atoms with E-state index in [1.54, 1.807) is 6.92 Å². The van der Waals surface area contributed by atoms with Gasteiger partial charge in [0.2, 0.25) is 0 Å². The molecule has 8 N–H and O–H groups in total. The molecule has 57 heavy (non-hydrogen) atoms. The number of aliphatic hydroxyl groups is 6. The highest BCUT2D eigenvalue weighted by Gasteiger charge is 2.29. The van der Waals surface area contributed by atoms with Crippen LogP contribution in [0.5, 0.6) is 0 Å². The SMILES string of the molecule is C.C=COC(C)(C)C.CC.CCC.CCNCCCCCN(CC(O)C(C)C(O)CC)CC(O)C(O)C(O)CCO.O=CO.c1ccc2c(c1)Cc1ccccc1-2. The highest BCUT2D eigenvalue weighted by Crippen LogP contribution is 2.35. The lowest BCUT2D eigenvalue weighted by atomic mass is 9.95. The minimum Gasteiger partial charge on any atom is -0.496 e. The Hall–Kier alpha value is -2.87. The Bertz CT molecular complexity index is 1150. The highest BCUT2D eigenvalue weighted by molar-refractivity contribution is 5.76. The van der Waals surface area contributed by atoms with E-state index < -0.39 is 30.5 Å². The number of hydrogen-bond acceptors (Lipinski definition) is 10. The summed E-state index contributed by atoms with van der Waals surface area (Å²) in [6, 6.07) is 17.3. The van der Waals surface area contributed by atoms with Gasteiger partial charge in [-0.3, -0.25) is 9.69 Å². The van der Waals surface area contributed by atoms with Crippen molar-refractivity contribution < 1.29 is 45.3 Å². The smallest absolute Gasteiger partial charge is 0.290 e. The van der Waals surface area contributed by atoms with Crippen LogP contribution >= 0.6 is 0 Å². The lowest BCUT2D eigenvalue weighted by molar-refractivity contribution is -0.122. The summed E-state index contributed by atoms with van der Waals surface area (Å²) in [5.41, 5.74) is 5.69. The van der Waals surface area contributed by atoms with E-state index in [1.807, 2.05) is 46.4 Å². The number of carboxylic acid groups (broad SMARTS) is 1. The van der Waals surface area contributed by atoms with Gasteiger partial charge in [0.25, 0.3) is 6.47 Å². The summed E-state index contributed by atoms with van der Waals surface area (Å²) in [4.78, 5) is 10.2. The lowest BCUT2D eigenvalue weighted by Gasteiger charge is -2.32. The molecule has 0 amide bonds. The van der Waals surface area contributed by atoms with Crippen molar-refractivity contribution in [2.75, 3.05) is 39.3 Å². The number of fused-ring (bicyclic) bond motifs is 3. The third-order valence-corrected chi connectivity index (χ3v) is 8.46. The first-order valence-corrected chi connectivity index (χ1v) is 20.6. The van der Waals surface area contributed by atoms with Gasteiger partial charge in [-0.15, -0.1) is 0 Å². The summed E-state index contributed by atoms with van der Waals surface area (Å²) in [5, 5.41) is 69.6. The van der Waals surface area contributed by atoms with E-state index in [0.717, 1.165) is 38.8 Å². The van der Waals surface area contributed by atoms with Crippen LogP contribution in [0.3, 0.4) is 0 Å². The van der Waals surface area contributed by atoms with Gasteiger partial charge in [-0.1, -0.05) is 124 Å². The molecule has 0 saturated carbocycles. The maximum Gasteiger partial charge on any atom is 0.290 e. The third kappa shape index (κ3) is 29.9. The third-order valence-electron chi connectivity index (χ3n) is 8.46. The fourth-order valence-corrected chi connectivity index (χ4v) is 5.52. The summed E-state index contributed by atoms with van der Waals surface area (Å²) in [6.07, 6.45) is 2.16. The number of ether oxygens (including phenoxy) is 1. The maximum absolute atomic E-state index is 10.5. The molecule has 2 aromatic carbocycles. The van der Waals surface area contributed by atoms with Crippen molar-refractivity contribution in [1.82, 2.24) is 10.2 Å². The molecule has 1 aliphatic rings. The number of hydrogen-bond donors (Lipinski definition) is 8. The van der Waals surface area contributed by atoms with Crippen LogP contribution in [0.4, 0.5) is 0 Å². The molecular formula is C46H86N2O9. The number of unbranched alkanes of at least 4 members (excludes halogenated alkanes) is 2. The maximum atomic E-state index is 10.5. The summed E-state index contributed by atoms with van der Waals surface area (Å²) >= 11 is 0. The number of benzene rings is 2. The van der Waals surface area contributed by atoms with E-state index in [-0.39, 0.29) is 51.5 Å². The van der Waals surface area contributed by atoms with Crippen molar-refractivity contribution in [3.05, 3.63) is 72.5 Å². The van der Waals surface area contributed by atoms with Gasteiger partial charge in [-0.05, 0) is 94.8 Å². The number of nitrogens with zero attached hydrogens (tertiary/aromatic N) is 1. The topological polar surface area (TPSA) is 183 Å². The Morgan fingerprint density at radius 2 is 1.30 bits per heavy atom. The second kappa shape index (κ2) is 38.6. The Kier molecular flexibility index (Phi) is 41.2. The van der Waals surface area contributed by atoms with E-state index in [4.69, 9.17) is 19.7 Å². The van der Waals surface area contributed by atoms with Gasteiger partial charge in [0, 0.05) is 25.6 Å². The Balaban J connectivity index is -0.000000393. The number of carbonyl (C=O) groups is 1. The summed E-state index contributed by atoms with van der Waals surface area (Å²) in [6.45, 7) is 25.7. The molecule has 0 heterocycles. The van der Waals surface area contributed by atoms with Gasteiger partial charge in [0.15, 0.2) is 0 Å². The van der Waals surface area contributed by atoms with E-state index in [9.17, 15) is 25.5 Å². The van der Waals surface area contributed by atoms with E-state index in [0.29, 0.717) is 13.0 Å². The lowest BCUT2D eigenvalue weighted by Crippen LogP contribution is -2.48. The second-order valence-electron chi connectivity index (χ2n) is 14.4. The van der Waals surface area contributed by atoms with E-state index in [2.05, 4.69) is 81.2 Å². The van der Waals surface area contributed by atoms with Crippen molar-refractivity contribution in [3.63, 3.8) is 0 Å². The van der Waals surface area contributed by atoms with Crippen molar-refractivity contribution in [1.29, 1.82) is 0 Å². The summed E-state index contributed by atoms with van der Waals surface area (Å²) in [5.74, 6) is -0.303. The zero-order valence-corrected chi connectivity index (χ0v) is 36.5. The zero-order chi connectivity index (χ0) is 43.5. The van der Waals surface area contributed by atoms with Crippen LogP contribution in [-0.2, 0) is 16.0 Å². The van der Waals surface area contributed by atoms with Crippen LogP contribution in [-0.4, -0.2) is 123 Å². The predicted molar refractivity (Wildman–Crippen MR) is 238 cm³/mol. The normalized spacial score (nSPS) is 13.9. The zero-order valence-electron chi connectivity index (χ0n) is 36.5. The molecule has 0 aliphatic heterocycles. The Labute approximate surface area is 347 Å². The van der Waals surface area contributed by atoms with Crippen molar-refractivity contribution in [3.8, 4) is 11.1 Å². The van der Waals surface area contributed by atoms with Gasteiger partial charge in [0.05, 0.1) is 36.3 Å². The molecule has 6 unspecified atom stereocenters. The first kappa shape index (κ1) is 60.8. The summed E-state index contributed by atoms with van der Waals surface area (Å²) in [7, 11) is 0. The first-order valence-electron chi connectivity index (χ1n) is 20.6. The molecule has 3 rings (SSSR count). The monoisotopic (exact) mass is 811 g/mol. The van der Waals surface area contributed by atoms with Crippen LogP contribution in [0, 0.1) is 5.92 Å². The molecule has 2 aromatic rings. The molecule has 0 saturated heterocycles. The molecular weight excluding hydrogens is 725 g/mol. The first-order chi connectivity index (χ1) is 26.6. The number of nitrogens with one attached hydrogen (secondary N) is 1. The Morgan fingerprint density at radius 3 is 1.70 bits per heavy atom. The number of aliphatic hydroxyl groups excluding tert-OH is 6. The second-order valence-corrected chi connectivity index (χ2v) is 14.4. The van der Waals surface area contributed by atoms with Crippen LogP contribution in [0.25, 0.3) is 11.1 Å². The fourth-order valence-electron chi connectivity index (χ4n) is 5.52. The van der Waals surface area contributed by atoms with Crippen molar-refractivity contribution in [2.24, 2.45) is 5.92 Å². The van der Waals surface area contributed by atoms with E-state index >= 15 is 0 Å². The van der Waals surface area contributed by atoms with Gasteiger partial charge in [0.1, 0.15) is 6.10 Å². The molecule has 0 bridgehead atoms. The average molecular weight is 811 g/mol. The highest BCUT2D eigenvalue weighted by atomic mass is 16.5. The van der Waals surface area contributed by atoms with Gasteiger partial charge in [-0.2, -0.15) is 0 Å². The largest absolute Gasteiger partial charge is 0.496 e. The molecule has 334 valence electrons. The Morgan fingerprint density at radius 1 is 0.825 bits per heavy atom. The molecule has 11 nitrogen and oxygen atoms in total. The fraction of sp³-hybridized carbons (Fsp3) is 0.674. The van der Waals surface area contributed by atoms with Crippen LogP contribution in [0.15, 0.2) is 61.4 Å². The average Bonchev–Trinajstić information content (AvgIpc) is 3.55. The summed E-state index contributed by atoms with van der Waals surface area (Å²) < 4.78 is 4.99. The molecule has 0 spiro atoms. The van der Waals surface area contributed by atoms with Gasteiger partial charge >= 0.3 is 0 Å². The number of rotatable bonds is 19. The predicted octanol–water partition coefficient (Wildman–Crippen LogP) is 7.28. The van der Waals surface area contributed by atoms with Gasteiger partial charge in [-0.25, -0.2) is 0 Å². The minimum atomic E-state index is -1.36.